The Morgan fingerprint density at radius 3 is 1.66 bits per heavy atom. The van der Waals surface area contributed by atoms with Gasteiger partial charge >= 0.3 is 0 Å². The van der Waals surface area contributed by atoms with E-state index in [1.165, 1.54) is 22.3 Å². The molecule has 9 aromatic carbocycles. The van der Waals surface area contributed by atoms with Crippen LogP contribution in [-0.4, -0.2) is 4.57 Å². The molecule has 0 saturated carbocycles. The van der Waals surface area contributed by atoms with Crippen LogP contribution in [0.2, 0.25) is 0 Å². The Kier molecular flexibility index (Phi) is 7.85. The van der Waals surface area contributed by atoms with Gasteiger partial charge < -0.3 is 18.8 Å². The van der Waals surface area contributed by atoms with Crippen molar-refractivity contribution >= 4 is 77.9 Å². The maximum absolute atomic E-state index is 6.53. The SMILES string of the molecule is CC1(C)c2ccccc2-c2ccc(N(c3ccccc3)c3cccc(-n4c5ccc(N(c6ccccc6)c6ccccc6)cc5c5cc6oc7ccccc7c6cc54)c3)cc21. The van der Waals surface area contributed by atoms with Crippen molar-refractivity contribution in [2.45, 2.75) is 19.3 Å². The van der Waals surface area contributed by atoms with Crippen LogP contribution in [0.3, 0.4) is 0 Å². The number of aromatic nitrogens is 1. The third-order valence-corrected chi connectivity index (χ3v) is 12.7. The molecule has 12 rings (SSSR count). The Labute approximate surface area is 354 Å². The lowest BCUT2D eigenvalue weighted by Gasteiger charge is -2.28. The summed E-state index contributed by atoms with van der Waals surface area (Å²) in [4.78, 5) is 4.73. The van der Waals surface area contributed by atoms with Gasteiger partial charge in [-0.05, 0) is 125 Å². The molecule has 0 radical (unpaired) electrons. The molecule has 61 heavy (non-hydrogen) atoms. The standard InChI is InChI=1S/C57H41N3O/c1-57(2)51-27-14-12-25-45(51)46-31-29-44(35-52(46)57)59(40-21-10-5-11-22-40)41-23-16-24-42(33-41)60-53-32-30-43(58(38-17-6-3-7-18-38)39-19-8-4-9-20-39)34-48(53)49-37-56-50(36-54(49)60)47-26-13-15-28-55(47)61-56/h3-37H,1-2H3. The van der Waals surface area contributed by atoms with Crippen LogP contribution in [0.1, 0.15) is 25.0 Å². The summed E-state index contributed by atoms with van der Waals surface area (Å²) in [5, 5.41) is 4.50. The number of nitrogens with zero attached hydrogens (tertiary/aromatic N) is 3. The zero-order valence-corrected chi connectivity index (χ0v) is 34.0. The van der Waals surface area contributed by atoms with Gasteiger partial charge in [0.1, 0.15) is 11.2 Å². The van der Waals surface area contributed by atoms with E-state index in [-0.39, 0.29) is 5.41 Å². The Balaban J connectivity index is 1.08. The van der Waals surface area contributed by atoms with Crippen molar-refractivity contribution in [3.05, 3.63) is 223 Å². The molecule has 290 valence electrons. The van der Waals surface area contributed by atoms with Crippen LogP contribution in [0.4, 0.5) is 34.1 Å². The number of furan rings is 1. The van der Waals surface area contributed by atoms with Crippen LogP contribution in [0.5, 0.6) is 0 Å². The zero-order valence-electron chi connectivity index (χ0n) is 34.0. The van der Waals surface area contributed by atoms with Crippen LogP contribution < -0.4 is 9.80 Å². The maximum atomic E-state index is 6.53. The van der Waals surface area contributed by atoms with Crippen molar-refractivity contribution in [3.8, 4) is 16.8 Å². The summed E-state index contributed by atoms with van der Waals surface area (Å²) in [6, 6.07) is 76.6. The molecule has 1 aliphatic rings. The smallest absolute Gasteiger partial charge is 0.136 e. The molecule has 0 unspecified atom stereocenters. The first-order chi connectivity index (χ1) is 30.0. The summed E-state index contributed by atoms with van der Waals surface area (Å²) < 4.78 is 8.96. The fraction of sp³-hybridized carbons (Fsp3) is 0.0526. The van der Waals surface area contributed by atoms with Crippen molar-refractivity contribution in [2.24, 2.45) is 0 Å². The highest BCUT2D eigenvalue weighted by Gasteiger charge is 2.35. The minimum atomic E-state index is -0.118. The second kappa shape index (κ2) is 13.6. The number of rotatable bonds is 7. The van der Waals surface area contributed by atoms with Gasteiger partial charge in [-0.25, -0.2) is 0 Å². The molecule has 11 aromatic rings. The topological polar surface area (TPSA) is 24.6 Å². The third-order valence-electron chi connectivity index (χ3n) is 12.7. The highest BCUT2D eigenvalue weighted by atomic mass is 16.3. The molecule has 0 bridgehead atoms. The second-order valence-corrected chi connectivity index (χ2v) is 16.6. The molecular formula is C57H41N3O. The summed E-state index contributed by atoms with van der Waals surface area (Å²) >= 11 is 0. The lowest BCUT2D eigenvalue weighted by molar-refractivity contribution is 0.660. The highest BCUT2D eigenvalue weighted by molar-refractivity contribution is 6.17. The molecule has 0 saturated heterocycles. The van der Waals surface area contributed by atoms with E-state index in [1.807, 2.05) is 6.07 Å². The van der Waals surface area contributed by atoms with Crippen LogP contribution in [0, 0.1) is 0 Å². The van der Waals surface area contributed by atoms with E-state index in [9.17, 15) is 0 Å². The quantitative estimate of drug-likeness (QED) is 0.161. The Morgan fingerprint density at radius 1 is 0.361 bits per heavy atom. The molecule has 0 amide bonds. The van der Waals surface area contributed by atoms with Crippen molar-refractivity contribution in [1.29, 1.82) is 0 Å². The summed E-state index contributed by atoms with van der Waals surface area (Å²) in [6.07, 6.45) is 0. The minimum absolute atomic E-state index is 0.118. The van der Waals surface area contributed by atoms with Gasteiger partial charge in [-0.1, -0.05) is 123 Å². The van der Waals surface area contributed by atoms with E-state index in [1.54, 1.807) is 0 Å². The van der Waals surface area contributed by atoms with E-state index in [0.717, 1.165) is 83.6 Å². The van der Waals surface area contributed by atoms with E-state index >= 15 is 0 Å². The Hall–Kier alpha value is -7.82. The third kappa shape index (κ3) is 5.53. The van der Waals surface area contributed by atoms with Crippen molar-refractivity contribution in [3.63, 3.8) is 0 Å². The number of fused-ring (bicyclic) bond motifs is 9. The molecule has 0 fully saturated rings. The van der Waals surface area contributed by atoms with E-state index in [4.69, 9.17) is 4.42 Å². The molecule has 0 atom stereocenters. The van der Waals surface area contributed by atoms with E-state index in [2.05, 4.69) is 234 Å². The van der Waals surface area contributed by atoms with Crippen molar-refractivity contribution < 1.29 is 4.42 Å². The lowest BCUT2D eigenvalue weighted by Crippen LogP contribution is -2.16. The summed E-state index contributed by atoms with van der Waals surface area (Å²) in [7, 11) is 0. The van der Waals surface area contributed by atoms with Crippen LogP contribution in [-0.2, 0) is 5.41 Å². The zero-order chi connectivity index (χ0) is 40.7. The molecule has 2 heterocycles. The molecule has 1 aliphatic carbocycles. The van der Waals surface area contributed by atoms with Gasteiger partial charge in [-0.2, -0.15) is 0 Å². The van der Waals surface area contributed by atoms with Crippen molar-refractivity contribution in [1.82, 2.24) is 4.57 Å². The van der Waals surface area contributed by atoms with Gasteiger partial charge in [0.05, 0.1) is 11.0 Å². The Bertz CT molecular complexity index is 3410. The summed E-state index contributed by atoms with van der Waals surface area (Å²) in [6.45, 7) is 4.70. The Morgan fingerprint density at radius 2 is 0.918 bits per heavy atom. The van der Waals surface area contributed by atoms with Crippen molar-refractivity contribution in [2.75, 3.05) is 9.80 Å². The number of para-hydroxylation sites is 4. The molecule has 4 heteroatoms. The number of hydrogen-bond acceptors (Lipinski definition) is 3. The summed E-state index contributed by atoms with van der Waals surface area (Å²) in [5.74, 6) is 0. The van der Waals surface area contributed by atoms with Gasteiger partial charge in [-0.3, -0.25) is 0 Å². The normalized spacial score (nSPS) is 12.9. The first-order valence-corrected chi connectivity index (χ1v) is 21.0. The van der Waals surface area contributed by atoms with Gasteiger partial charge in [0.15, 0.2) is 0 Å². The van der Waals surface area contributed by atoms with E-state index in [0.29, 0.717) is 0 Å². The second-order valence-electron chi connectivity index (χ2n) is 16.6. The van der Waals surface area contributed by atoms with Crippen LogP contribution in [0.15, 0.2) is 217 Å². The molecule has 0 spiro atoms. The number of benzene rings is 9. The first kappa shape index (κ1) is 35.2. The molecular weight excluding hydrogens is 743 g/mol. The van der Waals surface area contributed by atoms with Crippen LogP contribution >= 0.6 is 0 Å². The predicted molar refractivity (Wildman–Crippen MR) is 255 cm³/mol. The highest BCUT2D eigenvalue weighted by Crippen LogP contribution is 2.51. The van der Waals surface area contributed by atoms with Gasteiger partial charge in [0.2, 0.25) is 0 Å². The van der Waals surface area contributed by atoms with E-state index < -0.39 is 0 Å². The first-order valence-electron chi connectivity index (χ1n) is 21.0. The monoisotopic (exact) mass is 783 g/mol. The summed E-state index contributed by atoms with van der Waals surface area (Å²) in [5.41, 5.74) is 16.9. The van der Waals surface area contributed by atoms with Crippen LogP contribution in [0.25, 0.3) is 60.6 Å². The average Bonchev–Trinajstić information content (AvgIpc) is 3.91. The number of anilines is 6. The van der Waals surface area contributed by atoms with Gasteiger partial charge in [0, 0.05) is 66.8 Å². The fourth-order valence-electron chi connectivity index (χ4n) is 9.87. The average molecular weight is 784 g/mol. The predicted octanol–water partition coefficient (Wildman–Crippen LogP) is 15.9. The van der Waals surface area contributed by atoms with Gasteiger partial charge in [-0.15, -0.1) is 0 Å². The fourth-order valence-corrected chi connectivity index (χ4v) is 9.87. The lowest BCUT2D eigenvalue weighted by atomic mass is 9.82. The molecule has 0 N–H and O–H groups in total. The largest absolute Gasteiger partial charge is 0.456 e. The maximum Gasteiger partial charge on any atom is 0.136 e. The minimum Gasteiger partial charge on any atom is -0.456 e. The molecule has 4 nitrogen and oxygen atoms in total. The molecule has 2 aromatic heterocycles. The van der Waals surface area contributed by atoms with Gasteiger partial charge in [0.25, 0.3) is 0 Å². The molecule has 0 aliphatic heterocycles. The number of hydrogen-bond donors (Lipinski definition) is 0.